The average Bonchev–Trinajstić information content (AvgIpc) is 4.06. The zero-order valence-electron chi connectivity index (χ0n) is 40.1. The molecule has 5 aliphatic heterocycles. The summed E-state index contributed by atoms with van der Waals surface area (Å²) in [6.07, 6.45) is 5.53. The first-order valence-electron chi connectivity index (χ1n) is 24.1. The number of rotatable bonds is 13. The third-order valence-electron chi connectivity index (χ3n) is 11.7. The van der Waals surface area contributed by atoms with Crippen LogP contribution in [0.25, 0.3) is 0 Å². The number of nitro benzene ring substituents is 1. The van der Waals surface area contributed by atoms with Crippen molar-refractivity contribution in [2.45, 2.75) is 32.6 Å². The van der Waals surface area contributed by atoms with Crippen molar-refractivity contribution in [3.63, 3.8) is 0 Å². The molecule has 5 fully saturated rings. The van der Waals surface area contributed by atoms with Gasteiger partial charge in [-0.2, -0.15) is 0 Å². The smallest absolute Gasteiger partial charge is 0.269 e. The number of carbonyl (C=O) groups is 1. The summed E-state index contributed by atoms with van der Waals surface area (Å²) < 4.78 is 31.9. The zero-order chi connectivity index (χ0) is 48.9. The second kappa shape index (κ2) is 32.4. The summed E-state index contributed by atoms with van der Waals surface area (Å²) in [6.45, 7) is 22.7. The molecule has 10 rings (SSSR count). The number of hydrogen-bond donors (Lipinski definition) is 0. The van der Waals surface area contributed by atoms with E-state index in [9.17, 15) is 14.9 Å². The molecule has 0 unspecified atom stereocenters. The predicted molar refractivity (Wildman–Crippen MR) is 268 cm³/mol. The van der Waals surface area contributed by atoms with Crippen molar-refractivity contribution < 1.29 is 37.9 Å². The van der Waals surface area contributed by atoms with Gasteiger partial charge in [0.1, 0.15) is 5.69 Å². The largest absolute Gasteiger partial charge is 0.379 e. The first kappa shape index (κ1) is 54.7. The third-order valence-corrected chi connectivity index (χ3v) is 12.8. The summed E-state index contributed by atoms with van der Waals surface area (Å²) in [4.78, 5) is 41.7. The van der Waals surface area contributed by atoms with E-state index in [0.29, 0.717) is 23.0 Å². The van der Waals surface area contributed by atoms with Gasteiger partial charge in [0.15, 0.2) is 16.5 Å². The Labute approximate surface area is 420 Å². The molecule has 0 radical (unpaired) electrons. The average molecular weight is 1010 g/mol. The van der Waals surface area contributed by atoms with Crippen molar-refractivity contribution in [2.75, 3.05) is 138 Å². The van der Waals surface area contributed by atoms with Crippen molar-refractivity contribution >= 4 is 34.9 Å². The van der Waals surface area contributed by atoms with Crippen LogP contribution in [0.15, 0.2) is 95.8 Å². The summed E-state index contributed by atoms with van der Waals surface area (Å²) in [5.41, 5.74) is 4.18. The molecule has 2 aromatic carbocycles. The Hall–Kier alpha value is -4.61. The van der Waals surface area contributed by atoms with Crippen LogP contribution in [-0.2, 0) is 56.3 Å². The number of morpholine rings is 5. The number of nitrogens with zero attached hydrogens (tertiary/aromatic N) is 9. The quantitative estimate of drug-likeness (QED) is 0.0780. The highest BCUT2D eigenvalue weighted by Crippen LogP contribution is 2.20. The summed E-state index contributed by atoms with van der Waals surface area (Å²) in [6, 6.07) is 25.1. The number of thiazole rings is 1. The van der Waals surface area contributed by atoms with Crippen LogP contribution in [0.5, 0.6) is 0 Å². The maximum Gasteiger partial charge on any atom is 0.269 e. The van der Waals surface area contributed by atoms with Crippen molar-refractivity contribution in [3.05, 3.63) is 139 Å². The van der Waals surface area contributed by atoms with Crippen LogP contribution >= 0.6 is 22.9 Å². The second-order valence-corrected chi connectivity index (χ2v) is 18.6. The van der Waals surface area contributed by atoms with E-state index >= 15 is 0 Å². The van der Waals surface area contributed by atoms with Gasteiger partial charge in [0.05, 0.1) is 83.2 Å². The van der Waals surface area contributed by atoms with E-state index in [0.717, 1.165) is 181 Å². The number of benzene rings is 2. The molecule has 20 heteroatoms. The number of aldehydes is 1. The summed E-state index contributed by atoms with van der Waals surface area (Å²) in [7, 11) is 0. The lowest BCUT2D eigenvalue weighted by molar-refractivity contribution is -0.384. The van der Waals surface area contributed by atoms with Gasteiger partial charge in [-0.05, 0) is 29.7 Å². The molecule has 0 amide bonds. The number of pyridine rings is 1. The lowest BCUT2D eigenvalue weighted by Crippen LogP contribution is -2.37. The number of aromatic nitrogens is 3. The van der Waals surface area contributed by atoms with Crippen molar-refractivity contribution in [2.24, 2.45) is 0 Å². The molecule has 0 bridgehead atoms. The van der Waals surface area contributed by atoms with Gasteiger partial charge in [-0.15, -0.1) is 11.3 Å². The summed E-state index contributed by atoms with van der Waals surface area (Å²) in [5.74, 6) is 0.731. The molecule has 0 spiro atoms. The van der Waals surface area contributed by atoms with E-state index < -0.39 is 0 Å². The maximum atomic E-state index is 10.5. The Morgan fingerprint density at radius 1 is 0.600 bits per heavy atom. The first-order chi connectivity index (χ1) is 34.4. The molecular formula is C50H68ClN9O9S. The Morgan fingerprint density at radius 2 is 1.11 bits per heavy atom. The van der Waals surface area contributed by atoms with Crippen molar-refractivity contribution in [1.29, 1.82) is 0 Å². The molecule has 70 heavy (non-hydrogen) atoms. The van der Waals surface area contributed by atoms with Crippen LogP contribution < -0.4 is 0 Å². The van der Waals surface area contributed by atoms with Gasteiger partial charge < -0.3 is 28.2 Å². The SMILES string of the molecule is Clc1ncc(CN2CCOCC2)s1.O=Cc1cc(CN2CCOCC2)on1.O=[N+]([O-])c1ccc(CN2CCOCC2)cc1.c1ccc(CCN2CCOCC2)cc1.c1ccc(CN2CCOCC2)nc1. The number of carbonyl (C=O) groups excluding carboxylic acids is 1. The topological polar surface area (TPSA) is 174 Å². The highest BCUT2D eigenvalue weighted by atomic mass is 35.5. The van der Waals surface area contributed by atoms with Gasteiger partial charge in [-0.3, -0.25) is 44.4 Å². The van der Waals surface area contributed by atoms with E-state index in [1.54, 1.807) is 29.5 Å². The van der Waals surface area contributed by atoms with Crippen molar-refractivity contribution in [3.8, 4) is 0 Å². The Morgan fingerprint density at radius 3 is 1.60 bits per heavy atom. The molecule has 18 nitrogen and oxygen atoms in total. The van der Waals surface area contributed by atoms with Crippen LogP contribution in [0.4, 0.5) is 5.69 Å². The molecule has 3 aromatic heterocycles. The second-order valence-electron chi connectivity index (χ2n) is 16.9. The Balaban J connectivity index is 0.000000144. The monoisotopic (exact) mass is 1010 g/mol. The fourth-order valence-electron chi connectivity index (χ4n) is 7.75. The fourth-order valence-corrected chi connectivity index (χ4v) is 8.77. The predicted octanol–water partition coefficient (Wildman–Crippen LogP) is 5.85. The van der Waals surface area contributed by atoms with Gasteiger partial charge in [-0.25, -0.2) is 4.98 Å². The normalized spacial score (nSPS) is 18.3. The minimum absolute atomic E-state index is 0.144. The Bertz CT molecular complexity index is 2150. The lowest BCUT2D eigenvalue weighted by atomic mass is 10.1. The first-order valence-corrected chi connectivity index (χ1v) is 25.3. The Kier molecular flexibility index (Phi) is 25.3. The van der Waals surface area contributed by atoms with Crippen molar-refractivity contribution in [1.82, 2.24) is 39.6 Å². The molecule has 5 aromatic rings. The zero-order valence-corrected chi connectivity index (χ0v) is 41.7. The van der Waals surface area contributed by atoms with Crippen LogP contribution in [0, 0.1) is 10.1 Å². The molecule has 0 saturated carbocycles. The molecule has 0 aliphatic carbocycles. The molecular weight excluding hydrogens is 938 g/mol. The minimum atomic E-state index is -0.376. The lowest BCUT2D eigenvalue weighted by Gasteiger charge is -2.26. The fraction of sp³-hybridized carbons (Fsp3) is 0.520. The highest BCUT2D eigenvalue weighted by Gasteiger charge is 2.16. The summed E-state index contributed by atoms with van der Waals surface area (Å²) in [5, 5.41) is 14.1. The highest BCUT2D eigenvalue weighted by molar-refractivity contribution is 7.15. The van der Waals surface area contributed by atoms with Gasteiger partial charge in [0.25, 0.3) is 5.69 Å². The van der Waals surface area contributed by atoms with E-state index in [-0.39, 0.29) is 10.6 Å². The van der Waals surface area contributed by atoms with E-state index in [1.807, 2.05) is 36.7 Å². The van der Waals surface area contributed by atoms with Crippen LogP contribution in [0.3, 0.4) is 0 Å². The van der Waals surface area contributed by atoms with Crippen LogP contribution in [0.1, 0.15) is 37.9 Å². The summed E-state index contributed by atoms with van der Waals surface area (Å²) >= 11 is 7.30. The molecule has 5 saturated heterocycles. The third kappa shape index (κ3) is 21.8. The maximum absolute atomic E-state index is 10.5. The molecule has 8 heterocycles. The molecule has 380 valence electrons. The minimum Gasteiger partial charge on any atom is -0.379 e. The number of non-ortho nitro benzene ring substituents is 1. The molecule has 0 atom stereocenters. The van der Waals surface area contributed by atoms with Crippen LogP contribution in [-0.4, -0.2) is 189 Å². The van der Waals surface area contributed by atoms with Crippen LogP contribution in [0.2, 0.25) is 4.47 Å². The number of nitro groups is 1. The van der Waals surface area contributed by atoms with Gasteiger partial charge in [-0.1, -0.05) is 65.3 Å². The number of ether oxygens (including phenoxy) is 5. The number of halogens is 1. The van der Waals surface area contributed by atoms with E-state index in [2.05, 4.69) is 76.0 Å². The van der Waals surface area contributed by atoms with E-state index in [4.69, 9.17) is 39.8 Å². The molecule has 0 N–H and O–H groups in total. The van der Waals surface area contributed by atoms with Gasteiger partial charge in [0, 0.05) is 127 Å². The standard InChI is InChI=1S/C12H17NO.C11H14N2O3.C10H14N2O.C9H12N2O3.C8H11ClN2OS/c1-2-4-12(5-3-1)6-7-13-8-10-14-11-9-13;14-13(15)11-3-1-10(2-4-11)9-12-5-7-16-8-6-12;1-2-4-11-10(3-1)9-12-5-7-13-8-6-12;12-7-8-5-9(14-10-8)6-11-1-3-13-4-2-11;9-8-10-5-7(13-8)6-11-1-3-12-4-2-11/h1-5H,6-11H2;1-4H,5-9H2;1-4H,5-9H2;5,7H,1-4,6H2;5H,1-4,6H2. The van der Waals surface area contributed by atoms with Gasteiger partial charge in [0.2, 0.25) is 0 Å². The van der Waals surface area contributed by atoms with E-state index in [1.165, 1.54) is 10.4 Å². The number of hydrogen-bond acceptors (Lipinski definition) is 18. The molecule has 5 aliphatic rings. The van der Waals surface area contributed by atoms with Gasteiger partial charge >= 0.3 is 0 Å².